The second kappa shape index (κ2) is 8.77. The van der Waals surface area contributed by atoms with Crippen LogP contribution in [0.4, 0.5) is 16.2 Å². The van der Waals surface area contributed by atoms with Crippen molar-refractivity contribution in [2.45, 2.75) is 31.1 Å². The zero-order chi connectivity index (χ0) is 22.1. The number of hydrogen-bond donors (Lipinski definition) is 1. The van der Waals surface area contributed by atoms with Crippen LogP contribution in [-0.2, 0) is 9.59 Å². The number of halogens is 1. The molecule has 0 saturated carbocycles. The van der Waals surface area contributed by atoms with Gasteiger partial charge in [-0.2, -0.15) is 0 Å². The lowest BCUT2D eigenvalue weighted by Gasteiger charge is -2.40. The van der Waals surface area contributed by atoms with Gasteiger partial charge in [0.1, 0.15) is 11.8 Å². The van der Waals surface area contributed by atoms with E-state index in [0.29, 0.717) is 10.7 Å². The van der Waals surface area contributed by atoms with Crippen molar-refractivity contribution in [1.82, 2.24) is 4.90 Å². The van der Waals surface area contributed by atoms with Gasteiger partial charge in [-0.05, 0) is 41.2 Å². The van der Waals surface area contributed by atoms with Crippen molar-refractivity contribution in [3.63, 3.8) is 0 Å². The average Bonchev–Trinajstić information content (AvgIpc) is 3.22. The van der Waals surface area contributed by atoms with Gasteiger partial charge in [-0.15, -0.1) is 11.8 Å². The standard InChI is InChI=1S/C23H22ClN3O3S/c1-14(2)17-8-3-4-9-18(17)25-20(28)13-26-19-10-11-31-21(19)22(29)27(23(26)30)16-7-5-6-15(24)12-16/h3-12,14,19,21H,13H2,1-2H3,(H,25,28). The highest BCUT2D eigenvalue weighted by atomic mass is 35.5. The summed E-state index contributed by atoms with van der Waals surface area (Å²) in [4.78, 5) is 41.8. The normalized spacial score (nSPS) is 20.4. The van der Waals surface area contributed by atoms with E-state index in [0.717, 1.165) is 16.2 Å². The summed E-state index contributed by atoms with van der Waals surface area (Å²) < 4.78 is 0. The van der Waals surface area contributed by atoms with Gasteiger partial charge < -0.3 is 10.2 Å². The van der Waals surface area contributed by atoms with Crippen LogP contribution in [0.15, 0.2) is 60.0 Å². The first-order chi connectivity index (χ1) is 14.9. The lowest BCUT2D eigenvalue weighted by Crippen LogP contribution is -2.63. The third-order valence-corrected chi connectivity index (χ3v) is 6.63. The number of hydrogen-bond acceptors (Lipinski definition) is 4. The van der Waals surface area contributed by atoms with Crippen LogP contribution >= 0.6 is 23.4 Å². The number of nitrogens with one attached hydrogen (secondary N) is 1. The molecule has 2 heterocycles. The third kappa shape index (κ3) is 4.20. The van der Waals surface area contributed by atoms with Crippen molar-refractivity contribution in [2.75, 3.05) is 16.8 Å². The fourth-order valence-electron chi connectivity index (χ4n) is 3.83. The first-order valence-electron chi connectivity index (χ1n) is 9.98. The maximum atomic E-state index is 13.3. The molecule has 0 aromatic heterocycles. The molecule has 0 bridgehead atoms. The number of imide groups is 1. The van der Waals surface area contributed by atoms with Crippen LogP contribution in [0.1, 0.15) is 25.3 Å². The number of rotatable bonds is 5. The topological polar surface area (TPSA) is 69.7 Å². The minimum absolute atomic E-state index is 0.165. The molecule has 2 aromatic rings. The van der Waals surface area contributed by atoms with Crippen LogP contribution in [0, 0.1) is 0 Å². The number of urea groups is 1. The Morgan fingerprint density at radius 1 is 1.16 bits per heavy atom. The predicted octanol–water partition coefficient (Wildman–Crippen LogP) is 4.87. The molecule has 2 aliphatic rings. The number of benzene rings is 2. The second-order valence-electron chi connectivity index (χ2n) is 7.73. The Labute approximate surface area is 190 Å². The fourth-order valence-corrected chi connectivity index (χ4v) is 5.05. The van der Waals surface area contributed by atoms with Gasteiger partial charge in [-0.1, -0.05) is 55.8 Å². The van der Waals surface area contributed by atoms with Crippen LogP contribution in [-0.4, -0.2) is 40.6 Å². The van der Waals surface area contributed by atoms with E-state index < -0.39 is 17.3 Å². The number of fused-ring (bicyclic) bond motifs is 1. The molecule has 0 radical (unpaired) electrons. The lowest BCUT2D eigenvalue weighted by molar-refractivity contribution is -0.121. The average molecular weight is 456 g/mol. The molecule has 0 aliphatic carbocycles. The van der Waals surface area contributed by atoms with Crippen LogP contribution in [0.2, 0.25) is 5.02 Å². The summed E-state index contributed by atoms with van der Waals surface area (Å²) in [5.41, 5.74) is 2.14. The SMILES string of the molecule is CC(C)c1ccccc1NC(=O)CN1C(=O)N(c2cccc(Cl)c2)C(=O)C2SC=CC21. The monoisotopic (exact) mass is 455 g/mol. The van der Waals surface area contributed by atoms with E-state index in [1.54, 1.807) is 35.7 Å². The molecule has 4 rings (SSSR count). The van der Waals surface area contributed by atoms with Gasteiger partial charge in [0.15, 0.2) is 0 Å². The van der Waals surface area contributed by atoms with E-state index in [2.05, 4.69) is 19.2 Å². The van der Waals surface area contributed by atoms with Crippen molar-refractivity contribution >= 4 is 52.6 Å². The molecule has 2 unspecified atom stereocenters. The lowest BCUT2D eigenvalue weighted by atomic mass is 10.0. The van der Waals surface area contributed by atoms with E-state index in [4.69, 9.17) is 11.6 Å². The maximum absolute atomic E-state index is 13.3. The van der Waals surface area contributed by atoms with Gasteiger partial charge in [0.25, 0.3) is 5.91 Å². The Hall–Kier alpha value is -2.77. The second-order valence-corrected chi connectivity index (χ2v) is 9.22. The molecule has 1 saturated heterocycles. The van der Waals surface area contributed by atoms with Crippen molar-refractivity contribution in [1.29, 1.82) is 0 Å². The van der Waals surface area contributed by atoms with Gasteiger partial charge in [0.05, 0.1) is 11.7 Å². The molecule has 2 aromatic carbocycles. The van der Waals surface area contributed by atoms with E-state index >= 15 is 0 Å². The number of anilines is 2. The molecule has 8 heteroatoms. The van der Waals surface area contributed by atoms with Crippen LogP contribution < -0.4 is 10.2 Å². The Bertz CT molecular complexity index is 1070. The van der Waals surface area contributed by atoms with Crippen LogP contribution in [0.25, 0.3) is 0 Å². The van der Waals surface area contributed by atoms with Crippen molar-refractivity contribution < 1.29 is 14.4 Å². The zero-order valence-electron chi connectivity index (χ0n) is 17.1. The number of para-hydroxylation sites is 1. The molecule has 160 valence electrons. The number of carbonyl (C=O) groups excluding carboxylic acids is 3. The van der Waals surface area contributed by atoms with E-state index in [-0.39, 0.29) is 24.3 Å². The Balaban J connectivity index is 1.59. The molecule has 2 atom stereocenters. The number of nitrogens with zero attached hydrogens (tertiary/aromatic N) is 2. The number of carbonyl (C=O) groups is 3. The largest absolute Gasteiger partial charge is 0.332 e. The van der Waals surface area contributed by atoms with E-state index in [1.807, 2.05) is 24.3 Å². The Morgan fingerprint density at radius 2 is 1.94 bits per heavy atom. The third-order valence-electron chi connectivity index (χ3n) is 5.31. The van der Waals surface area contributed by atoms with Gasteiger partial charge in [-0.25, -0.2) is 9.69 Å². The van der Waals surface area contributed by atoms with Crippen molar-refractivity contribution in [2.24, 2.45) is 0 Å². The molecular formula is C23H22ClN3O3S. The number of thioether (sulfide) groups is 1. The zero-order valence-corrected chi connectivity index (χ0v) is 18.7. The van der Waals surface area contributed by atoms with Crippen molar-refractivity contribution in [3.05, 3.63) is 70.6 Å². The van der Waals surface area contributed by atoms with Gasteiger partial charge >= 0.3 is 6.03 Å². The van der Waals surface area contributed by atoms with Crippen molar-refractivity contribution in [3.8, 4) is 0 Å². The summed E-state index contributed by atoms with van der Waals surface area (Å²) >= 11 is 7.43. The highest BCUT2D eigenvalue weighted by Gasteiger charge is 2.48. The van der Waals surface area contributed by atoms with Gasteiger partial charge in [0.2, 0.25) is 5.91 Å². The molecule has 1 fully saturated rings. The van der Waals surface area contributed by atoms with Crippen LogP contribution in [0.3, 0.4) is 0 Å². The first kappa shape index (κ1) is 21.5. The minimum Gasteiger partial charge on any atom is -0.324 e. The molecule has 6 nitrogen and oxygen atoms in total. The highest BCUT2D eigenvalue weighted by molar-refractivity contribution is 8.03. The fraction of sp³-hybridized carbons (Fsp3) is 0.261. The van der Waals surface area contributed by atoms with Gasteiger partial charge in [-0.3, -0.25) is 9.59 Å². The molecule has 1 N–H and O–H groups in total. The summed E-state index contributed by atoms with van der Waals surface area (Å²) in [5, 5.41) is 4.66. The molecular weight excluding hydrogens is 434 g/mol. The molecule has 4 amide bonds. The molecule has 2 aliphatic heterocycles. The summed E-state index contributed by atoms with van der Waals surface area (Å²) in [6, 6.07) is 13.2. The van der Waals surface area contributed by atoms with Crippen LogP contribution in [0.5, 0.6) is 0 Å². The first-order valence-corrected chi connectivity index (χ1v) is 11.3. The smallest absolute Gasteiger partial charge is 0.324 e. The quantitative estimate of drug-likeness (QED) is 0.698. The molecule has 0 spiro atoms. The summed E-state index contributed by atoms with van der Waals surface area (Å²) in [5.74, 6) is -0.387. The minimum atomic E-state index is -0.534. The summed E-state index contributed by atoms with van der Waals surface area (Å²) in [6.45, 7) is 3.94. The van der Waals surface area contributed by atoms with E-state index in [9.17, 15) is 14.4 Å². The summed E-state index contributed by atoms with van der Waals surface area (Å²) in [6.07, 6.45) is 1.80. The van der Waals surface area contributed by atoms with E-state index in [1.165, 1.54) is 16.7 Å². The maximum Gasteiger partial charge on any atom is 0.332 e. The summed E-state index contributed by atoms with van der Waals surface area (Å²) in [7, 11) is 0. The highest BCUT2D eigenvalue weighted by Crippen LogP contribution is 2.36. The number of amides is 4. The predicted molar refractivity (Wildman–Crippen MR) is 125 cm³/mol. The molecule has 31 heavy (non-hydrogen) atoms. The van der Waals surface area contributed by atoms with Gasteiger partial charge in [0, 0.05) is 10.7 Å². The Kier molecular flexibility index (Phi) is 6.07. The Morgan fingerprint density at radius 3 is 2.68 bits per heavy atom.